The second-order valence-corrected chi connectivity index (χ2v) is 9.29. The van der Waals surface area contributed by atoms with Crippen LogP contribution in [0.2, 0.25) is 0 Å². The summed E-state index contributed by atoms with van der Waals surface area (Å²) in [6.07, 6.45) is 2.20. The predicted molar refractivity (Wildman–Crippen MR) is 132 cm³/mol. The second-order valence-electron chi connectivity index (χ2n) is 8.35. The van der Waals surface area contributed by atoms with Gasteiger partial charge in [-0.1, -0.05) is 54.2 Å². The minimum atomic E-state index is 0.135. The monoisotopic (exact) mass is 460 g/mol. The predicted octanol–water partition coefficient (Wildman–Crippen LogP) is 4.51. The standard InChI is InChI=1S/C26H28N4O2S/c31-25(30-11-4-5-12-30)22-10-6-7-20(17-22)19-33-26-27-23(21-8-2-1-3-9-21)18-24(28-26)29-13-15-32-16-14-29/h1-3,6-10,17-18H,4-5,11-16,19H2. The SMILES string of the molecule is O=C(c1cccc(CSc2nc(-c3ccccc3)cc(N3CCOCC3)n2)c1)N1CCCC1. The Morgan fingerprint density at radius 3 is 2.48 bits per heavy atom. The van der Waals surface area contributed by atoms with E-state index in [-0.39, 0.29) is 5.91 Å². The lowest BCUT2D eigenvalue weighted by Gasteiger charge is -2.28. The molecule has 2 aliphatic rings. The van der Waals surface area contributed by atoms with E-state index in [1.807, 2.05) is 41.3 Å². The van der Waals surface area contributed by atoms with E-state index < -0.39 is 0 Å². The molecule has 0 unspecified atom stereocenters. The highest BCUT2D eigenvalue weighted by molar-refractivity contribution is 7.98. The number of benzene rings is 2. The molecule has 170 valence electrons. The van der Waals surface area contributed by atoms with Crippen molar-refractivity contribution in [1.82, 2.24) is 14.9 Å². The summed E-state index contributed by atoms with van der Waals surface area (Å²) in [5, 5.41) is 0.745. The zero-order chi connectivity index (χ0) is 22.5. The summed E-state index contributed by atoms with van der Waals surface area (Å²) in [4.78, 5) is 26.7. The van der Waals surface area contributed by atoms with Gasteiger partial charge < -0.3 is 14.5 Å². The highest BCUT2D eigenvalue weighted by Crippen LogP contribution is 2.28. The van der Waals surface area contributed by atoms with Crippen molar-refractivity contribution in [2.45, 2.75) is 23.8 Å². The Kier molecular flexibility index (Phi) is 6.88. The fourth-order valence-corrected chi connectivity index (χ4v) is 5.03. The van der Waals surface area contributed by atoms with Gasteiger partial charge in [0.15, 0.2) is 5.16 Å². The molecule has 1 aromatic heterocycles. The number of anilines is 1. The minimum Gasteiger partial charge on any atom is -0.378 e. The summed E-state index contributed by atoms with van der Waals surface area (Å²) in [5.74, 6) is 1.78. The van der Waals surface area contributed by atoms with Crippen LogP contribution in [-0.2, 0) is 10.5 Å². The number of ether oxygens (including phenoxy) is 1. The van der Waals surface area contributed by atoms with E-state index in [1.165, 1.54) is 0 Å². The van der Waals surface area contributed by atoms with Crippen LogP contribution in [0.5, 0.6) is 0 Å². The first-order valence-electron chi connectivity index (χ1n) is 11.5. The van der Waals surface area contributed by atoms with Crippen LogP contribution in [-0.4, -0.2) is 60.2 Å². The topological polar surface area (TPSA) is 58.6 Å². The van der Waals surface area contributed by atoms with Crippen LogP contribution in [0.1, 0.15) is 28.8 Å². The van der Waals surface area contributed by atoms with Crippen molar-refractivity contribution >= 4 is 23.5 Å². The molecule has 2 fully saturated rings. The average Bonchev–Trinajstić information content (AvgIpc) is 3.43. The van der Waals surface area contributed by atoms with E-state index in [4.69, 9.17) is 14.7 Å². The Bertz CT molecular complexity index is 1100. The van der Waals surface area contributed by atoms with E-state index in [2.05, 4.69) is 29.2 Å². The zero-order valence-corrected chi connectivity index (χ0v) is 19.5. The van der Waals surface area contributed by atoms with Crippen LogP contribution in [0.25, 0.3) is 11.3 Å². The minimum absolute atomic E-state index is 0.135. The number of rotatable bonds is 6. The van der Waals surface area contributed by atoms with Gasteiger partial charge in [0.05, 0.1) is 18.9 Å². The van der Waals surface area contributed by atoms with Crippen molar-refractivity contribution in [2.24, 2.45) is 0 Å². The Morgan fingerprint density at radius 1 is 0.909 bits per heavy atom. The molecule has 0 N–H and O–H groups in total. The zero-order valence-electron chi connectivity index (χ0n) is 18.7. The maximum atomic E-state index is 12.8. The molecule has 0 bridgehead atoms. The van der Waals surface area contributed by atoms with Gasteiger partial charge in [0.1, 0.15) is 5.82 Å². The van der Waals surface area contributed by atoms with Gasteiger partial charge >= 0.3 is 0 Å². The molecule has 0 aliphatic carbocycles. The molecule has 0 spiro atoms. The first-order valence-corrected chi connectivity index (χ1v) is 12.5. The molecule has 6 nitrogen and oxygen atoms in total. The third kappa shape index (κ3) is 5.37. The number of nitrogens with zero attached hydrogens (tertiary/aromatic N) is 4. The van der Waals surface area contributed by atoms with Crippen molar-refractivity contribution in [1.29, 1.82) is 0 Å². The molecule has 0 radical (unpaired) electrons. The van der Waals surface area contributed by atoms with Gasteiger partial charge in [0.2, 0.25) is 0 Å². The number of aromatic nitrogens is 2. The molecule has 0 saturated carbocycles. The number of carbonyl (C=O) groups is 1. The molecule has 3 aromatic rings. The van der Waals surface area contributed by atoms with Crippen molar-refractivity contribution in [3.05, 3.63) is 71.8 Å². The summed E-state index contributed by atoms with van der Waals surface area (Å²) in [6.45, 7) is 4.81. The van der Waals surface area contributed by atoms with Crippen LogP contribution in [0.4, 0.5) is 5.82 Å². The molecule has 1 amide bonds. The molecule has 2 aliphatic heterocycles. The lowest BCUT2D eigenvalue weighted by Crippen LogP contribution is -2.36. The third-order valence-corrected chi connectivity index (χ3v) is 6.95. The Labute approximate surface area is 199 Å². The molecule has 33 heavy (non-hydrogen) atoms. The number of morpholine rings is 1. The van der Waals surface area contributed by atoms with Crippen LogP contribution < -0.4 is 4.90 Å². The maximum absolute atomic E-state index is 12.8. The molecule has 3 heterocycles. The number of hydrogen-bond donors (Lipinski definition) is 0. The normalized spacial score (nSPS) is 16.2. The van der Waals surface area contributed by atoms with Gasteiger partial charge in [-0.3, -0.25) is 4.79 Å². The lowest BCUT2D eigenvalue weighted by atomic mass is 10.1. The largest absolute Gasteiger partial charge is 0.378 e. The van der Waals surface area contributed by atoms with E-state index in [0.29, 0.717) is 19.0 Å². The van der Waals surface area contributed by atoms with Crippen LogP contribution in [0, 0.1) is 0 Å². The summed E-state index contributed by atoms with van der Waals surface area (Å²) in [5.41, 5.74) is 3.87. The Hall–Kier alpha value is -2.90. The maximum Gasteiger partial charge on any atom is 0.253 e. The molecule has 2 aromatic carbocycles. The number of carbonyl (C=O) groups excluding carboxylic acids is 1. The molecular formula is C26H28N4O2S. The fourth-order valence-electron chi connectivity index (χ4n) is 4.23. The van der Waals surface area contributed by atoms with E-state index in [9.17, 15) is 4.79 Å². The summed E-state index contributed by atoms with van der Waals surface area (Å²) in [6, 6.07) is 20.3. The Morgan fingerprint density at radius 2 is 1.70 bits per heavy atom. The lowest BCUT2D eigenvalue weighted by molar-refractivity contribution is 0.0792. The fraction of sp³-hybridized carbons (Fsp3) is 0.346. The van der Waals surface area contributed by atoms with Gasteiger partial charge in [-0.15, -0.1) is 0 Å². The van der Waals surface area contributed by atoms with Gasteiger partial charge in [0, 0.05) is 49.1 Å². The van der Waals surface area contributed by atoms with E-state index in [0.717, 1.165) is 72.4 Å². The quantitative estimate of drug-likeness (QED) is 0.399. The van der Waals surface area contributed by atoms with Crippen molar-refractivity contribution in [3.63, 3.8) is 0 Å². The van der Waals surface area contributed by atoms with Crippen LogP contribution in [0.3, 0.4) is 0 Å². The summed E-state index contributed by atoms with van der Waals surface area (Å²) < 4.78 is 5.52. The molecule has 7 heteroatoms. The highest BCUT2D eigenvalue weighted by Gasteiger charge is 2.20. The van der Waals surface area contributed by atoms with Crippen molar-refractivity contribution in [2.75, 3.05) is 44.3 Å². The van der Waals surface area contributed by atoms with Gasteiger partial charge in [-0.25, -0.2) is 9.97 Å². The number of thioether (sulfide) groups is 1. The molecule has 2 saturated heterocycles. The number of likely N-dealkylation sites (tertiary alicyclic amines) is 1. The van der Waals surface area contributed by atoms with Crippen LogP contribution >= 0.6 is 11.8 Å². The van der Waals surface area contributed by atoms with E-state index >= 15 is 0 Å². The Balaban J connectivity index is 1.36. The highest BCUT2D eigenvalue weighted by atomic mass is 32.2. The smallest absolute Gasteiger partial charge is 0.253 e. The van der Waals surface area contributed by atoms with Crippen molar-refractivity contribution in [3.8, 4) is 11.3 Å². The van der Waals surface area contributed by atoms with Crippen molar-refractivity contribution < 1.29 is 9.53 Å². The molecular weight excluding hydrogens is 432 g/mol. The first kappa shape index (κ1) is 21.9. The average molecular weight is 461 g/mol. The van der Waals surface area contributed by atoms with Crippen LogP contribution in [0.15, 0.2) is 65.8 Å². The number of amides is 1. The molecule has 5 rings (SSSR count). The van der Waals surface area contributed by atoms with E-state index in [1.54, 1.807) is 11.8 Å². The molecule has 0 atom stereocenters. The second kappa shape index (κ2) is 10.4. The van der Waals surface area contributed by atoms with Gasteiger partial charge in [-0.2, -0.15) is 0 Å². The third-order valence-electron chi connectivity index (χ3n) is 6.03. The number of hydrogen-bond acceptors (Lipinski definition) is 6. The van der Waals surface area contributed by atoms with Gasteiger partial charge in [-0.05, 0) is 30.5 Å². The summed E-state index contributed by atoms with van der Waals surface area (Å²) >= 11 is 1.61. The summed E-state index contributed by atoms with van der Waals surface area (Å²) in [7, 11) is 0. The first-order chi connectivity index (χ1) is 16.3. The van der Waals surface area contributed by atoms with Gasteiger partial charge in [0.25, 0.3) is 5.91 Å².